The van der Waals surface area contributed by atoms with Crippen LogP contribution in [0.15, 0.2) is 91.0 Å². The van der Waals surface area contributed by atoms with E-state index in [1.165, 1.54) is 11.1 Å². The molecular formula is C21H23O4P. The van der Waals surface area contributed by atoms with Crippen molar-refractivity contribution in [2.75, 3.05) is 12.8 Å². The van der Waals surface area contributed by atoms with Gasteiger partial charge >= 0.3 is 7.60 Å². The highest BCUT2D eigenvalue weighted by molar-refractivity contribution is 7.51. The summed E-state index contributed by atoms with van der Waals surface area (Å²) in [5.74, 6) is 0. The fourth-order valence-corrected chi connectivity index (χ4v) is 2.58. The van der Waals surface area contributed by atoms with E-state index in [0.29, 0.717) is 6.61 Å². The zero-order valence-electron chi connectivity index (χ0n) is 14.4. The molecule has 26 heavy (non-hydrogen) atoms. The van der Waals surface area contributed by atoms with Crippen LogP contribution in [0, 0.1) is 0 Å². The topological polar surface area (TPSA) is 66.8 Å². The van der Waals surface area contributed by atoms with E-state index < -0.39 is 7.60 Å². The minimum atomic E-state index is -3.91. The first-order chi connectivity index (χ1) is 12.5. The molecule has 0 spiro atoms. The van der Waals surface area contributed by atoms with Gasteiger partial charge in [-0.2, -0.15) is 0 Å². The van der Waals surface area contributed by atoms with Crippen molar-refractivity contribution in [3.8, 4) is 11.1 Å². The number of hydrogen-bond donors (Lipinski definition) is 2. The molecule has 0 atom stereocenters. The first-order valence-corrected chi connectivity index (χ1v) is 10.1. The molecule has 5 heteroatoms. The summed E-state index contributed by atoms with van der Waals surface area (Å²) in [6.45, 7) is 0.472. The van der Waals surface area contributed by atoms with Gasteiger partial charge in [0.2, 0.25) is 0 Å². The SMILES string of the molecule is O=P(O)(O)CCOCc1ccccc1.c1ccc(-c2ccccc2)cc1. The van der Waals surface area contributed by atoms with Gasteiger partial charge in [-0.15, -0.1) is 0 Å². The normalized spacial score (nSPS) is 10.7. The minimum Gasteiger partial charge on any atom is -0.376 e. The molecule has 0 unspecified atom stereocenters. The van der Waals surface area contributed by atoms with Crippen molar-refractivity contribution in [3.05, 3.63) is 96.6 Å². The number of ether oxygens (including phenoxy) is 1. The van der Waals surface area contributed by atoms with E-state index in [4.69, 9.17) is 14.5 Å². The van der Waals surface area contributed by atoms with Gasteiger partial charge in [0.15, 0.2) is 0 Å². The maximum atomic E-state index is 10.5. The summed E-state index contributed by atoms with van der Waals surface area (Å²) < 4.78 is 15.6. The molecule has 0 aliphatic carbocycles. The average Bonchev–Trinajstić information content (AvgIpc) is 2.67. The molecular weight excluding hydrogens is 347 g/mol. The Morgan fingerprint density at radius 3 is 1.54 bits per heavy atom. The van der Waals surface area contributed by atoms with Crippen molar-refractivity contribution < 1.29 is 19.1 Å². The van der Waals surface area contributed by atoms with Crippen molar-refractivity contribution in [3.63, 3.8) is 0 Å². The molecule has 136 valence electrons. The molecule has 0 aromatic heterocycles. The standard InChI is InChI=1S/C12H10.C9H13O4P/c1-3-7-11(8-4-1)12-9-5-2-6-10-12;10-14(11,12)7-6-13-8-9-4-2-1-3-5-9/h1-10H;1-5H,6-8H2,(H2,10,11,12). The monoisotopic (exact) mass is 370 g/mol. The molecule has 0 radical (unpaired) electrons. The van der Waals surface area contributed by atoms with Crippen LogP contribution in [0.3, 0.4) is 0 Å². The van der Waals surface area contributed by atoms with Crippen molar-refractivity contribution in [2.45, 2.75) is 6.61 Å². The molecule has 2 N–H and O–H groups in total. The minimum absolute atomic E-state index is 0.0825. The van der Waals surface area contributed by atoms with Crippen LogP contribution >= 0.6 is 7.60 Å². The molecule has 0 amide bonds. The van der Waals surface area contributed by atoms with Crippen LogP contribution in [0.1, 0.15) is 5.56 Å². The van der Waals surface area contributed by atoms with Gasteiger partial charge in [0.05, 0.1) is 19.4 Å². The Kier molecular flexibility index (Phi) is 8.26. The quantitative estimate of drug-likeness (QED) is 0.486. The van der Waals surface area contributed by atoms with Gasteiger partial charge in [0.1, 0.15) is 0 Å². The predicted octanol–water partition coefficient (Wildman–Crippen LogP) is 4.73. The second-order valence-corrected chi connectivity index (χ2v) is 7.44. The van der Waals surface area contributed by atoms with Crippen molar-refractivity contribution in [2.24, 2.45) is 0 Å². The third kappa shape index (κ3) is 8.24. The van der Waals surface area contributed by atoms with Gasteiger partial charge in [-0.25, -0.2) is 0 Å². The fraction of sp³-hybridized carbons (Fsp3) is 0.143. The third-order valence-electron chi connectivity index (χ3n) is 3.52. The van der Waals surface area contributed by atoms with Gasteiger partial charge in [0, 0.05) is 0 Å². The Morgan fingerprint density at radius 1 is 0.692 bits per heavy atom. The van der Waals surface area contributed by atoms with Gasteiger partial charge < -0.3 is 14.5 Å². The molecule has 0 aliphatic heterocycles. The lowest BCUT2D eigenvalue weighted by molar-refractivity contribution is 0.132. The lowest BCUT2D eigenvalue weighted by Gasteiger charge is -2.05. The summed E-state index contributed by atoms with van der Waals surface area (Å²) in [6.07, 6.45) is -0.222. The molecule has 0 saturated heterocycles. The first kappa shape index (κ1) is 20.1. The summed E-state index contributed by atoms with van der Waals surface area (Å²) in [5, 5.41) is 0. The summed E-state index contributed by atoms with van der Waals surface area (Å²) in [5.41, 5.74) is 3.55. The summed E-state index contributed by atoms with van der Waals surface area (Å²) in [6, 6.07) is 30.3. The Morgan fingerprint density at radius 2 is 1.12 bits per heavy atom. The zero-order valence-corrected chi connectivity index (χ0v) is 15.3. The molecule has 3 aromatic rings. The van der Waals surface area contributed by atoms with E-state index in [1.54, 1.807) is 0 Å². The predicted molar refractivity (Wildman–Crippen MR) is 105 cm³/mol. The molecule has 0 fully saturated rings. The van der Waals surface area contributed by atoms with E-state index in [-0.39, 0.29) is 12.8 Å². The van der Waals surface area contributed by atoms with E-state index in [1.807, 2.05) is 42.5 Å². The second kappa shape index (κ2) is 10.7. The lowest BCUT2D eigenvalue weighted by atomic mass is 10.1. The molecule has 0 heterocycles. The summed E-state index contributed by atoms with van der Waals surface area (Å²) in [4.78, 5) is 17.1. The molecule has 3 rings (SSSR count). The number of benzene rings is 3. The van der Waals surface area contributed by atoms with Crippen molar-refractivity contribution in [1.82, 2.24) is 0 Å². The Balaban J connectivity index is 0.000000189. The fourth-order valence-electron chi connectivity index (χ4n) is 2.21. The zero-order chi connectivity index (χ0) is 18.7. The highest BCUT2D eigenvalue weighted by atomic mass is 31.2. The summed E-state index contributed by atoms with van der Waals surface area (Å²) in [7, 11) is -3.91. The Bertz CT molecular complexity index is 749. The Labute approximate surface area is 154 Å². The molecule has 3 aromatic carbocycles. The highest BCUT2D eigenvalue weighted by Crippen LogP contribution is 2.33. The lowest BCUT2D eigenvalue weighted by Crippen LogP contribution is -2.00. The van der Waals surface area contributed by atoms with Crippen LogP contribution in [0.5, 0.6) is 0 Å². The number of hydrogen-bond acceptors (Lipinski definition) is 2. The molecule has 0 aliphatic rings. The van der Waals surface area contributed by atoms with Crippen molar-refractivity contribution in [1.29, 1.82) is 0 Å². The maximum Gasteiger partial charge on any atom is 0.327 e. The van der Waals surface area contributed by atoms with E-state index in [9.17, 15) is 4.57 Å². The summed E-state index contributed by atoms with van der Waals surface area (Å²) >= 11 is 0. The van der Waals surface area contributed by atoms with Crippen LogP contribution in [0.4, 0.5) is 0 Å². The van der Waals surface area contributed by atoms with Crippen molar-refractivity contribution >= 4 is 7.60 Å². The smallest absolute Gasteiger partial charge is 0.327 e. The van der Waals surface area contributed by atoms with Gasteiger partial charge in [-0.1, -0.05) is 91.0 Å². The van der Waals surface area contributed by atoms with Crippen LogP contribution in [0.25, 0.3) is 11.1 Å². The second-order valence-electron chi connectivity index (χ2n) is 5.66. The van der Waals surface area contributed by atoms with Gasteiger partial charge in [0.25, 0.3) is 0 Å². The van der Waals surface area contributed by atoms with Crippen LogP contribution in [0.2, 0.25) is 0 Å². The number of rotatable bonds is 6. The van der Waals surface area contributed by atoms with Crippen LogP contribution in [-0.4, -0.2) is 22.6 Å². The first-order valence-electron chi connectivity index (χ1n) is 8.31. The van der Waals surface area contributed by atoms with Crippen LogP contribution < -0.4 is 0 Å². The van der Waals surface area contributed by atoms with E-state index >= 15 is 0 Å². The maximum absolute atomic E-state index is 10.5. The van der Waals surface area contributed by atoms with Gasteiger partial charge in [-0.3, -0.25) is 4.57 Å². The third-order valence-corrected chi connectivity index (χ3v) is 4.28. The van der Waals surface area contributed by atoms with Crippen LogP contribution in [-0.2, 0) is 15.9 Å². The molecule has 4 nitrogen and oxygen atoms in total. The van der Waals surface area contributed by atoms with Gasteiger partial charge in [-0.05, 0) is 16.7 Å². The average molecular weight is 370 g/mol. The van der Waals surface area contributed by atoms with E-state index in [2.05, 4.69) is 48.5 Å². The highest BCUT2D eigenvalue weighted by Gasteiger charge is 2.11. The Hall–Kier alpha value is -2.23. The molecule has 0 bridgehead atoms. The molecule has 0 saturated carbocycles. The largest absolute Gasteiger partial charge is 0.376 e. The van der Waals surface area contributed by atoms with E-state index in [0.717, 1.165) is 5.56 Å².